The summed E-state index contributed by atoms with van der Waals surface area (Å²) in [5.74, 6) is 1.59. The zero-order chi connectivity index (χ0) is 11.0. The van der Waals surface area contributed by atoms with Crippen molar-refractivity contribution in [1.82, 2.24) is 0 Å². The fraction of sp³-hybridized carbons (Fsp3) is 1.00. The first-order valence-electron chi connectivity index (χ1n) is 6.05. The fourth-order valence-electron chi connectivity index (χ4n) is 2.77. The number of hydrogen-bond donors (Lipinski definition) is 1. The Hall–Kier alpha value is -0.0400. The van der Waals surface area contributed by atoms with Crippen molar-refractivity contribution in [3.8, 4) is 0 Å². The first-order chi connectivity index (χ1) is 6.32. The van der Waals surface area contributed by atoms with Crippen LogP contribution in [0, 0.1) is 17.3 Å². The van der Waals surface area contributed by atoms with Gasteiger partial charge in [0.25, 0.3) is 0 Å². The van der Waals surface area contributed by atoms with Crippen molar-refractivity contribution < 1.29 is 5.11 Å². The van der Waals surface area contributed by atoms with Crippen LogP contribution < -0.4 is 0 Å². The van der Waals surface area contributed by atoms with Gasteiger partial charge < -0.3 is 5.11 Å². The molecule has 0 bridgehead atoms. The molecule has 84 valence electrons. The third-order valence-electron chi connectivity index (χ3n) is 4.71. The molecule has 1 aliphatic rings. The third-order valence-corrected chi connectivity index (χ3v) is 4.71. The highest BCUT2D eigenvalue weighted by molar-refractivity contribution is 4.98. The van der Waals surface area contributed by atoms with Gasteiger partial charge in [-0.25, -0.2) is 0 Å². The first-order valence-corrected chi connectivity index (χ1v) is 6.05. The lowest BCUT2D eigenvalue weighted by atomic mass is 9.70. The van der Waals surface area contributed by atoms with E-state index in [1.165, 1.54) is 19.3 Å². The van der Waals surface area contributed by atoms with E-state index >= 15 is 0 Å². The largest absolute Gasteiger partial charge is 0.390 e. The molecule has 3 atom stereocenters. The second-order valence-corrected chi connectivity index (χ2v) is 5.93. The molecule has 0 saturated heterocycles. The van der Waals surface area contributed by atoms with Gasteiger partial charge >= 0.3 is 0 Å². The SMILES string of the molecule is CCC(C)(O)[C@@]1(C)CC[C@H](C(C)C)C1. The van der Waals surface area contributed by atoms with Gasteiger partial charge in [0.05, 0.1) is 5.60 Å². The molecule has 14 heavy (non-hydrogen) atoms. The standard InChI is InChI=1S/C13H26O/c1-6-13(5,14)12(4)8-7-11(9-12)10(2)3/h10-11,14H,6-9H2,1-5H3/t11-,12-,13?/m0/s1. The molecule has 0 aromatic carbocycles. The Bertz CT molecular complexity index is 195. The molecular formula is C13H26O. The van der Waals surface area contributed by atoms with E-state index in [1.54, 1.807) is 0 Å². The van der Waals surface area contributed by atoms with E-state index in [0.29, 0.717) is 0 Å². The summed E-state index contributed by atoms with van der Waals surface area (Å²) < 4.78 is 0. The molecule has 1 rings (SSSR count). The molecule has 1 unspecified atom stereocenters. The number of hydrogen-bond acceptors (Lipinski definition) is 1. The van der Waals surface area contributed by atoms with Crippen molar-refractivity contribution in [2.45, 2.75) is 65.9 Å². The lowest BCUT2D eigenvalue weighted by Crippen LogP contribution is -2.41. The number of aliphatic hydroxyl groups is 1. The van der Waals surface area contributed by atoms with Crippen molar-refractivity contribution in [3.63, 3.8) is 0 Å². The molecule has 0 aromatic heterocycles. The highest BCUT2D eigenvalue weighted by Crippen LogP contribution is 2.51. The topological polar surface area (TPSA) is 20.2 Å². The van der Waals surface area contributed by atoms with Crippen LogP contribution in [0.5, 0.6) is 0 Å². The fourth-order valence-corrected chi connectivity index (χ4v) is 2.77. The van der Waals surface area contributed by atoms with E-state index in [0.717, 1.165) is 18.3 Å². The Morgan fingerprint density at radius 3 is 2.43 bits per heavy atom. The van der Waals surface area contributed by atoms with Crippen molar-refractivity contribution in [2.24, 2.45) is 17.3 Å². The zero-order valence-electron chi connectivity index (χ0n) is 10.4. The summed E-state index contributed by atoms with van der Waals surface area (Å²) in [5, 5.41) is 10.4. The molecule has 1 heteroatoms. The van der Waals surface area contributed by atoms with E-state index < -0.39 is 5.60 Å². The molecule has 1 N–H and O–H groups in total. The zero-order valence-corrected chi connectivity index (χ0v) is 10.4. The molecule has 0 aliphatic heterocycles. The van der Waals surface area contributed by atoms with E-state index in [2.05, 4.69) is 27.7 Å². The third kappa shape index (κ3) is 1.98. The summed E-state index contributed by atoms with van der Waals surface area (Å²) >= 11 is 0. The maximum absolute atomic E-state index is 10.4. The summed E-state index contributed by atoms with van der Waals surface area (Å²) in [4.78, 5) is 0. The second-order valence-electron chi connectivity index (χ2n) is 5.93. The molecule has 0 amide bonds. The molecule has 0 heterocycles. The summed E-state index contributed by atoms with van der Waals surface area (Å²) in [5.41, 5.74) is -0.326. The highest BCUT2D eigenvalue weighted by Gasteiger charge is 2.47. The summed E-state index contributed by atoms with van der Waals surface area (Å²) in [6.07, 6.45) is 4.56. The van der Waals surface area contributed by atoms with Crippen LogP contribution in [0.4, 0.5) is 0 Å². The quantitative estimate of drug-likeness (QED) is 0.734. The normalized spacial score (nSPS) is 37.5. The Labute approximate surface area is 88.9 Å². The number of rotatable bonds is 3. The molecule has 0 radical (unpaired) electrons. The van der Waals surface area contributed by atoms with Gasteiger partial charge in [-0.1, -0.05) is 27.7 Å². The van der Waals surface area contributed by atoms with Crippen LogP contribution in [0.2, 0.25) is 0 Å². The Morgan fingerprint density at radius 1 is 1.50 bits per heavy atom. The van der Waals surface area contributed by atoms with Crippen molar-refractivity contribution in [2.75, 3.05) is 0 Å². The van der Waals surface area contributed by atoms with Crippen LogP contribution in [-0.4, -0.2) is 10.7 Å². The van der Waals surface area contributed by atoms with Crippen molar-refractivity contribution in [1.29, 1.82) is 0 Å². The van der Waals surface area contributed by atoms with Gasteiger partial charge in [-0.3, -0.25) is 0 Å². The van der Waals surface area contributed by atoms with Crippen molar-refractivity contribution >= 4 is 0 Å². The average Bonchev–Trinajstić information content (AvgIpc) is 2.50. The lowest BCUT2D eigenvalue weighted by Gasteiger charge is -2.40. The van der Waals surface area contributed by atoms with Crippen LogP contribution in [-0.2, 0) is 0 Å². The summed E-state index contributed by atoms with van der Waals surface area (Å²) in [7, 11) is 0. The van der Waals surface area contributed by atoms with Crippen molar-refractivity contribution in [3.05, 3.63) is 0 Å². The van der Waals surface area contributed by atoms with Gasteiger partial charge in [0.1, 0.15) is 0 Å². The molecule has 0 spiro atoms. The smallest absolute Gasteiger partial charge is 0.0670 e. The van der Waals surface area contributed by atoms with Gasteiger partial charge in [-0.15, -0.1) is 0 Å². The Kier molecular flexibility index (Phi) is 3.30. The molecule has 0 aromatic rings. The molecule has 1 nitrogen and oxygen atoms in total. The van der Waals surface area contributed by atoms with E-state index in [4.69, 9.17) is 0 Å². The van der Waals surface area contributed by atoms with Gasteiger partial charge in [0.2, 0.25) is 0 Å². The monoisotopic (exact) mass is 198 g/mol. The van der Waals surface area contributed by atoms with Gasteiger partial charge in [0, 0.05) is 0 Å². The predicted octanol–water partition coefficient (Wildman–Crippen LogP) is 3.61. The van der Waals surface area contributed by atoms with E-state index in [-0.39, 0.29) is 5.41 Å². The molecule has 1 aliphatic carbocycles. The lowest BCUT2D eigenvalue weighted by molar-refractivity contribution is -0.0633. The minimum atomic E-state index is -0.476. The summed E-state index contributed by atoms with van der Waals surface area (Å²) in [6.45, 7) is 11.0. The van der Waals surface area contributed by atoms with Crippen LogP contribution in [0.25, 0.3) is 0 Å². The van der Waals surface area contributed by atoms with E-state index in [1.807, 2.05) is 6.92 Å². The van der Waals surface area contributed by atoms with Gasteiger partial charge in [-0.2, -0.15) is 0 Å². The second kappa shape index (κ2) is 3.84. The highest BCUT2D eigenvalue weighted by atomic mass is 16.3. The van der Waals surface area contributed by atoms with Crippen LogP contribution in [0.3, 0.4) is 0 Å². The van der Waals surface area contributed by atoms with Gasteiger partial charge in [0.15, 0.2) is 0 Å². The minimum absolute atomic E-state index is 0.149. The van der Waals surface area contributed by atoms with E-state index in [9.17, 15) is 5.11 Å². The molecule has 1 fully saturated rings. The first kappa shape index (κ1) is 12.0. The molecule has 1 saturated carbocycles. The maximum Gasteiger partial charge on any atom is 0.0670 e. The van der Waals surface area contributed by atoms with Crippen LogP contribution in [0.15, 0.2) is 0 Å². The van der Waals surface area contributed by atoms with Crippen LogP contribution >= 0.6 is 0 Å². The van der Waals surface area contributed by atoms with Gasteiger partial charge in [-0.05, 0) is 49.9 Å². The minimum Gasteiger partial charge on any atom is -0.390 e. The Morgan fingerprint density at radius 2 is 2.07 bits per heavy atom. The predicted molar refractivity (Wildman–Crippen MR) is 61.2 cm³/mol. The average molecular weight is 198 g/mol. The Balaban J connectivity index is 2.71. The summed E-state index contributed by atoms with van der Waals surface area (Å²) in [6, 6.07) is 0. The van der Waals surface area contributed by atoms with Crippen LogP contribution in [0.1, 0.15) is 60.3 Å². The molecular weight excluding hydrogens is 172 g/mol. The maximum atomic E-state index is 10.4.